The SMILES string of the molecule is COc1cc2c(cc1NC(=O)C/C(C)=N/NC(=O)c1ccccc1[N+](=O)[O-])oc1ccccc12. The zero-order valence-electron chi connectivity index (χ0n) is 18.3. The number of nitro benzene ring substituents is 1. The summed E-state index contributed by atoms with van der Waals surface area (Å²) in [5, 5.41) is 19.5. The number of nitrogens with zero attached hydrogens (tertiary/aromatic N) is 2. The van der Waals surface area contributed by atoms with Crippen molar-refractivity contribution in [3.63, 3.8) is 0 Å². The van der Waals surface area contributed by atoms with E-state index < -0.39 is 16.7 Å². The van der Waals surface area contributed by atoms with E-state index in [2.05, 4.69) is 15.8 Å². The van der Waals surface area contributed by atoms with Gasteiger partial charge in [-0.25, -0.2) is 5.43 Å². The van der Waals surface area contributed by atoms with Gasteiger partial charge in [-0.15, -0.1) is 0 Å². The number of hydrogen-bond donors (Lipinski definition) is 2. The van der Waals surface area contributed by atoms with Gasteiger partial charge < -0.3 is 14.5 Å². The average molecular weight is 460 g/mol. The van der Waals surface area contributed by atoms with Crippen LogP contribution in [0.25, 0.3) is 21.9 Å². The summed E-state index contributed by atoms with van der Waals surface area (Å²) in [6.07, 6.45) is -0.127. The van der Waals surface area contributed by atoms with Gasteiger partial charge in [-0.2, -0.15) is 5.10 Å². The van der Waals surface area contributed by atoms with Crippen molar-refractivity contribution in [2.24, 2.45) is 5.10 Å². The smallest absolute Gasteiger partial charge is 0.282 e. The Hall–Kier alpha value is -4.73. The Morgan fingerprint density at radius 1 is 1.06 bits per heavy atom. The second-order valence-electron chi connectivity index (χ2n) is 7.43. The molecule has 3 aromatic carbocycles. The molecule has 0 saturated heterocycles. The predicted molar refractivity (Wildman–Crippen MR) is 127 cm³/mol. The molecule has 0 radical (unpaired) electrons. The molecule has 2 N–H and O–H groups in total. The van der Waals surface area contributed by atoms with E-state index in [0.717, 1.165) is 16.4 Å². The molecule has 0 aliphatic rings. The number of anilines is 1. The number of benzene rings is 3. The van der Waals surface area contributed by atoms with E-state index in [-0.39, 0.29) is 17.7 Å². The molecule has 0 aliphatic carbocycles. The fourth-order valence-corrected chi connectivity index (χ4v) is 3.52. The van der Waals surface area contributed by atoms with Crippen molar-refractivity contribution >= 4 is 50.8 Å². The molecule has 10 heteroatoms. The van der Waals surface area contributed by atoms with Gasteiger partial charge in [0.1, 0.15) is 22.5 Å². The van der Waals surface area contributed by atoms with Crippen LogP contribution < -0.4 is 15.5 Å². The van der Waals surface area contributed by atoms with Gasteiger partial charge in [0, 0.05) is 28.6 Å². The van der Waals surface area contributed by atoms with Gasteiger partial charge in [0.25, 0.3) is 11.6 Å². The zero-order valence-corrected chi connectivity index (χ0v) is 18.3. The summed E-state index contributed by atoms with van der Waals surface area (Å²) in [5.41, 5.74) is 3.83. The molecule has 4 aromatic rings. The maximum atomic E-state index is 12.6. The van der Waals surface area contributed by atoms with E-state index in [1.807, 2.05) is 24.3 Å². The van der Waals surface area contributed by atoms with E-state index in [4.69, 9.17) is 9.15 Å². The molecular formula is C24H20N4O6. The highest BCUT2D eigenvalue weighted by Gasteiger charge is 2.19. The molecule has 0 saturated carbocycles. The molecular weight excluding hydrogens is 440 g/mol. The number of ether oxygens (including phenoxy) is 1. The third kappa shape index (κ3) is 4.56. The van der Waals surface area contributed by atoms with Gasteiger partial charge in [-0.3, -0.25) is 19.7 Å². The molecule has 1 heterocycles. The van der Waals surface area contributed by atoms with E-state index in [9.17, 15) is 19.7 Å². The van der Waals surface area contributed by atoms with Crippen LogP contribution in [-0.2, 0) is 4.79 Å². The number of hydrazone groups is 1. The van der Waals surface area contributed by atoms with Gasteiger partial charge in [0.15, 0.2) is 0 Å². The van der Waals surface area contributed by atoms with Crippen LogP contribution in [-0.4, -0.2) is 29.6 Å². The van der Waals surface area contributed by atoms with E-state index in [1.54, 1.807) is 19.1 Å². The van der Waals surface area contributed by atoms with Crippen LogP contribution >= 0.6 is 0 Å². The molecule has 0 bridgehead atoms. The molecule has 10 nitrogen and oxygen atoms in total. The van der Waals surface area contributed by atoms with E-state index in [0.29, 0.717) is 22.7 Å². The molecule has 2 amide bonds. The molecule has 1 aromatic heterocycles. The minimum absolute atomic E-state index is 0.127. The van der Waals surface area contributed by atoms with Crippen molar-refractivity contribution in [2.45, 2.75) is 13.3 Å². The maximum absolute atomic E-state index is 12.6. The average Bonchev–Trinajstić information content (AvgIpc) is 3.19. The highest BCUT2D eigenvalue weighted by atomic mass is 16.6. The number of rotatable bonds is 7. The Balaban J connectivity index is 1.47. The molecule has 4 rings (SSSR count). The first-order valence-electron chi connectivity index (χ1n) is 10.2. The van der Waals surface area contributed by atoms with Crippen molar-refractivity contribution < 1.29 is 23.7 Å². The van der Waals surface area contributed by atoms with Crippen LogP contribution in [0.2, 0.25) is 0 Å². The van der Waals surface area contributed by atoms with E-state index >= 15 is 0 Å². The monoisotopic (exact) mass is 460 g/mol. The number of carbonyl (C=O) groups excluding carboxylic acids is 2. The number of nitrogens with one attached hydrogen (secondary N) is 2. The Labute approximate surface area is 193 Å². The number of carbonyl (C=O) groups is 2. The summed E-state index contributed by atoms with van der Waals surface area (Å²) in [4.78, 5) is 35.3. The summed E-state index contributed by atoms with van der Waals surface area (Å²) in [6, 6.07) is 16.6. The van der Waals surface area contributed by atoms with Crippen molar-refractivity contribution in [3.05, 3.63) is 76.3 Å². The first kappa shape index (κ1) is 22.5. The summed E-state index contributed by atoms with van der Waals surface area (Å²) in [6.45, 7) is 1.55. The number of para-hydroxylation sites is 2. The lowest BCUT2D eigenvalue weighted by Gasteiger charge is -2.10. The Bertz CT molecular complexity index is 1460. The second-order valence-corrected chi connectivity index (χ2v) is 7.43. The number of furan rings is 1. The summed E-state index contributed by atoms with van der Waals surface area (Å²) in [7, 11) is 1.50. The summed E-state index contributed by atoms with van der Waals surface area (Å²) >= 11 is 0. The van der Waals surface area contributed by atoms with Crippen LogP contribution in [0, 0.1) is 10.1 Å². The van der Waals surface area contributed by atoms with Crippen LogP contribution in [0.15, 0.2) is 70.2 Å². The number of fused-ring (bicyclic) bond motifs is 3. The normalized spacial score (nSPS) is 11.4. The zero-order chi connectivity index (χ0) is 24.2. The van der Waals surface area contributed by atoms with Crippen LogP contribution in [0.3, 0.4) is 0 Å². The lowest BCUT2D eigenvalue weighted by Crippen LogP contribution is -2.22. The first-order chi connectivity index (χ1) is 16.4. The lowest BCUT2D eigenvalue weighted by atomic mass is 10.1. The number of amides is 2. The first-order valence-corrected chi connectivity index (χ1v) is 10.2. The van der Waals surface area contributed by atoms with Crippen molar-refractivity contribution in [3.8, 4) is 5.75 Å². The minimum atomic E-state index is -0.746. The molecule has 0 atom stereocenters. The maximum Gasteiger partial charge on any atom is 0.282 e. The standard InChI is InChI=1S/C24H20N4O6/c1-14(26-27-24(30)16-8-3-5-9-19(16)28(31)32)11-23(29)25-18-13-21-17(12-22(18)33-2)15-7-4-6-10-20(15)34-21/h3-10,12-13H,11H2,1-2H3,(H,25,29)(H,27,30)/b26-14+. The summed E-state index contributed by atoms with van der Waals surface area (Å²) < 4.78 is 11.3. The highest BCUT2D eigenvalue weighted by molar-refractivity contribution is 6.10. The van der Waals surface area contributed by atoms with Gasteiger partial charge >= 0.3 is 0 Å². The van der Waals surface area contributed by atoms with Gasteiger partial charge in [-0.1, -0.05) is 30.3 Å². The van der Waals surface area contributed by atoms with Gasteiger partial charge in [0.2, 0.25) is 5.91 Å². The molecule has 0 aliphatic heterocycles. The van der Waals surface area contributed by atoms with Crippen molar-refractivity contribution in [2.75, 3.05) is 12.4 Å². The Morgan fingerprint density at radius 2 is 1.79 bits per heavy atom. The molecule has 0 unspecified atom stereocenters. The van der Waals surface area contributed by atoms with Crippen LogP contribution in [0.1, 0.15) is 23.7 Å². The van der Waals surface area contributed by atoms with Crippen LogP contribution in [0.4, 0.5) is 11.4 Å². The van der Waals surface area contributed by atoms with Crippen molar-refractivity contribution in [1.82, 2.24) is 5.43 Å². The van der Waals surface area contributed by atoms with Crippen molar-refractivity contribution in [1.29, 1.82) is 0 Å². The molecule has 0 fully saturated rings. The minimum Gasteiger partial charge on any atom is -0.495 e. The summed E-state index contributed by atoms with van der Waals surface area (Å²) in [5.74, 6) is -0.675. The predicted octanol–water partition coefficient (Wildman–Crippen LogP) is 4.64. The topological polar surface area (TPSA) is 136 Å². The third-order valence-electron chi connectivity index (χ3n) is 5.08. The van der Waals surface area contributed by atoms with E-state index in [1.165, 1.54) is 31.4 Å². The van der Waals surface area contributed by atoms with Gasteiger partial charge in [-0.05, 0) is 25.1 Å². The second kappa shape index (κ2) is 9.41. The molecule has 172 valence electrons. The van der Waals surface area contributed by atoms with Crippen LogP contribution in [0.5, 0.6) is 5.75 Å². The highest BCUT2D eigenvalue weighted by Crippen LogP contribution is 2.36. The Kier molecular flexibility index (Phi) is 6.22. The fourth-order valence-electron chi connectivity index (χ4n) is 3.52. The Morgan fingerprint density at radius 3 is 2.56 bits per heavy atom. The lowest BCUT2D eigenvalue weighted by molar-refractivity contribution is -0.385. The molecule has 0 spiro atoms. The molecule has 34 heavy (non-hydrogen) atoms. The number of methoxy groups -OCH3 is 1. The number of hydrogen-bond acceptors (Lipinski definition) is 7. The number of nitro groups is 1. The largest absolute Gasteiger partial charge is 0.495 e. The quantitative estimate of drug-likeness (QED) is 0.234. The van der Waals surface area contributed by atoms with Gasteiger partial charge in [0.05, 0.1) is 24.1 Å². The third-order valence-corrected chi connectivity index (χ3v) is 5.08. The fraction of sp³-hybridized carbons (Fsp3) is 0.125.